The van der Waals surface area contributed by atoms with Gasteiger partial charge < -0.3 is 9.64 Å². The van der Waals surface area contributed by atoms with Crippen LogP contribution in [0.3, 0.4) is 0 Å². The van der Waals surface area contributed by atoms with Gasteiger partial charge in [0.05, 0.1) is 5.69 Å². The Labute approximate surface area is 161 Å². The molecule has 2 aliphatic rings. The van der Waals surface area contributed by atoms with Crippen LogP contribution in [-0.2, 0) is 4.74 Å². The lowest BCUT2D eigenvalue weighted by Gasteiger charge is -2.36. The molecule has 4 rings (SSSR count). The molecule has 0 radical (unpaired) electrons. The number of hydrogen-bond acceptors (Lipinski definition) is 3. The summed E-state index contributed by atoms with van der Waals surface area (Å²) in [6.45, 7) is 3.61. The summed E-state index contributed by atoms with van der Waals surface area (Å²) in [5, 5.41) is 7.67. The molecule has 0 bridgehead atoms. The Kier molecular flexibility index (Phi) is 5.30. The Hall–Kier alpha value is -2.14. The largest absolute Gasteiger partial charge is 0.385 e. The van der Waals surface area contributed by atoms with E-state index in [9.17, 15) is 4.79 Å². The minimum atomic E-state index is 0.145. The number of aromatic nitrogens is 2. The summed E-state index contributed by atoms with van der Waals surface area (Å²) in [7, 11) is 1.73. The number of nitrogens with one attached hydrogen (secondary N) is 1. The number of aryl methyl sites for hydroxylation is 1. The first-order chi connectivity index (χ1) is 13.2. The number of carbonyl (C=O) groups excluding carboxylic acids is 1. The number of carbonyl (C=O) groups is 1. The van der Waals surface area contributed by atoms with Crippen LogP contribution in [0, 0.1) is 6.92 Å². The van der Waals surface area contributed by atoms with Gasteiger partial charge in [-0.2, -0.15) is 5.10 Å². The molecule has 2 fully saturated rings. The summed E-state index contributed by atoms with van der Waals surface area (Å²) < 4.78 is 5.25. The normalized spacial score (nSPS) is 20.1. The van der Waals surface area contributed by atoms with Crippen molar-refractivity contribution in [1.82, 2.24) is 15.1 Å². The fourth-order valence-electron chi connectivity index (χ4n) is 4.26. The second kappa shape index (κ2) is 7.85. The molecule has 0 spiro atoms. The van der Waals surface area contributed by atoms with Crippen molar-refractivity contribution in [2.75, 3.05) is 20.3 Å². The molecule has 5 nitrogen and oxygen atoms in total. The zero-order valence-corrected chi connectivity index (χ0v) is 16.3. The van der Waals surface area contributed by atoms with E-state index in [1.807, 2.05) is 18.2 Å². The van der Waals surface area contributed by atoms with E-state index in [1.165, 1.54) is 24.8 Å². The highest BCUT2D eigenvalue weighted by atomic mass is 16.5. The van der Waals surface area contributed by atoms with E-state index in [0.717, 1.165) is 48.3 Å². The fourth-order valence-corrected chi connectivity index (χ4v) is 4.26. The maximum absolute atomic E-state index is 13.3. The predicted molar refractivity (Wildman–Crippen MR) is 106 cm³/mol. The van der Waals surface area contributed by atoms with Gasteiger partial charge in [0.1, 0.15) is 0 Å². The number of H-pyrrole nitrogens is 1. The monoisotopic (exact) mass is 367 g/mol. The number of aromatic amines is 1. The van der Waals surface area contributed by atoms with Crippen LogP contribution in [0.5, 0.6) is 0 Å². The van der Waals surface area contributed by atoms with Crippen LogP contribution in [0.15, 0.2) is 24.3 Å². The Morgan fingerprint density at radius 1 is 1.30 bits per heavy atom. The van der Waals surface area contributed by atoms with Gasteiger partial charge >= 0.3 is 0 Å². The summed E-state index contributed by atoms with van der Waals surface area (Å²) in [6, 6.07) is 8.38. The van der Waals surface area contributed by atoms with Crippen molar-refractivity contribution in [2.45, 2.75) is 57.4 Å². The van der Waals surface area contributed by atoms with E-state index in [1.54, 1.807) is 7.11 Å². The van der Waals surface area contributed by atoms with Crippen molar-refractivity contribution in [2.24, 2.45) is 0 Å². The van der Waals surface area contributed by atoms with Gasteiger partial charge in [0.25, 0.3) is 5.91 Å². The molecule has 0 unspecified atom stereocenters. The first-order valence-electron chi connectivity index (χ1n) is 10.1. The molecule has 1 aliphatic heterocycles. The highest BCUT2D eigenvalue weighted by molar-refractivity contribution is 5.96. The Morgan fingerprint density at radius 3 is 2.93 bits per heavy atom. The molecule has 1 N–H and O–H groups in total. The lowest BCUT2D eigenvalue weighted by atomic mass is 9.96. The quantitative estimate of drug-likeness (QED) is 0.828. The number of likely N-dealkylation sites (tertiary alicyclic amines) is 1. The number of piperidine rings is 1. The third-order valence-corrected chi connectivity index (χ3v) is 5.88. The van der Waals surface area contributed by atoms with Crippen molar-refractivity contribution in [1.29, 1.82) is 0 Å². The molecule has 1 aliphatic carbocycles. The maximum Gasteiger partial charge on any atom is 0.254 e. The number of ether oxygens (including phenoxy) is 1. The molecule has 2 aromatic rings. The molecule has 1 aromatic heterocycles. The van der Waals surface area contributed by atoms with Gasteiger partial charge in [-0.05, 0) is 63.1 Å². The molecule has 5 heteroatoms. The van der Waals surface area contributed by atoms with Gasteiger partial charge in [0.2, 0.25) is 0 Å². The first-order valence-corrected chi connectivity index (χ1v) is 10.1. The average Bonchev–Trinajstić information content (AvgIpc) is 3.48. The second-order valence-electron chi connectivity index (χ2n) is 7.89. The molecule has 1 aromatic carbocycles. The zero-order valence-electron chi connectivity index (χ0n) is 16.3. The van der Waals surface area contributed by atoms with Gasteiger partial charge in [-0.1, -0.05) is 12.1 Å². The molecule has 1 saturated heterocycles. The number of benzene rings is 1. The van der Waals surface area contributed by atoms with Crippen molar-refractivity contribution < 1.29 is 9.53 Å². The highest BCUT2D eigenvalue weighted by Crippen LogP contribution is 2.44. The molecule has 1 atom stereocenters. The van der Waals surface area contributed by atoms with Gasteiger partial charge in [-0.25, -0.2) is 0 Å². The first kappa shape index (κ1) is 18.2. The van der Waals surface area contributed by atoms with E-state index in [2.05, 4.69) is 28.1 Å². The van der Waals surface area contributed by atoms with E-state index in [0.29, 0.717) is 12.5 Å². The second-order valence-corrected chi connectivity index (χ2v) is 7.89. The van der Waals surface area contributed by atoms with Crippen LogP contribution < -0.4 is 0 Å². The number of nitrogens with zero attached hydrogens (tertiary/aromatic N) is 2. The lowest BCUT2D eigenvalue weighted by Crippen LogP contribution is -2.44. The Balaban J connectivity index is 1.60. The summed E-state index contributed by atoms with van der Waals surface area (Å²) in [5.41, 5.74) is 5.30. The van der Waals surface area contributed by atoms with Gasteiger partial charge in [-0.15, -0.1) is 0 Å². The molecule has 2 heterocycles. The number of amides is 1. The van der Waals surface area contributed by atoms with E-state index >= 15 is 0 Å². The Morgan fingerprint density at radius 2 is 2.15 bits per heavy atom. The SMILES string of the molecule is COCC[C@H]1CCCCN1C(=O)c1cccc(-c2c(C3CC3)n[nH]c2C)c1. The summed E-state index contributed by atoms with van der Waals surface area (Å²) in [4.78, 5) is 15.3. The van der Waals surface area contributed by atoms with E-state index in [-0.39, 0.29) is 11.9 Å². The van der Waals surface area contributed by atoms with Crippen LogP contribution in [0.1, 0.15) is 66.2 Å². The van der Waals surface area contributed by atoms with Crippen LogP contribution in [0.2, 0.25) is 0 Å². The number of hydrogen-bond donors (Lipinski definition) is 1. The average molecular weight is 367 g/mol. The van der Waals surface area contributed by atoms with Crippen LogP contribution >= 0.6 is 0 Å². The van der Waals surface area contributed by atoms with Crippen LogP contribution in [-0.4, -0.2) is 47.3 Å². The minimum absolute atomic E-state index is 0.145. The summed E-state index contributed by atoms with van der Waals surface area (Å²) in [6.07, 6.45) is 6.69. The maximum atomic E-state index is 13.3. The minimum Gasteiger partial charge on any atom is -0.385 e. The van der Waals surface area contributed by atoms with Gasteiger partial charge in [0.15, 0.2) is 0 Å². The Bertz CT molecular complexity index is 810. The molecule has 144 valence electrons. The standard InChI is InChI=1S/C22H29N3O2/c1-15-20(21(24-23-15)16-9-10-16)17-6-5-7-18(14-17)22(26)25-12-4-3-8-19(25)11-13-27-2/h5-7,14,16,19H,3-4,8-13H2,1-2H3,(H,23,24)/t19-/m1/s1. The number of methoxy groups -OCH3 is 1. The van der Waals surface area contributed by atoms with Crippen molar-refractivity contribution in [3.05, 3.63) is 41.2 Å². The third-order valence-electron chi connectivity index (χ3n) is 5.88. The summed E-state index contributed by atoms with van der Waals surface area (Å²) >= 11 is 0. The topological polar surface area (TPSA) is 58.2 Å². The van der Waals surface area contributed by atoms with Crippen molar-refractivity contribution >= 4 is 5.91 Å². The molecular weight excluding hydrogens is 338 g/mol. The van der Waals surface area contributed by atoms with Gasteiger partial charge in [-0.3, -0.25) is 9.89 Å². The number of rotatable bonds is 6. The molecule has 27 heavy (non-hydrogen) atoms. The third kappa shape index (κ3) is 3.79. The summed E-state index contributed by atoms with van der Waals surface area (Å²) in [5.74, 6) is 0.719. The van der Waals surface area contributed by atoms with Gasteiger partial charge in [0, 0.05) is 49.0 Å². The van der Waals surface area contributed by atoms with Crippen LogP contribution in [0.25, 0.3) is 11.1 Å². The smallest absolute Gasteiger partial charge is 0.254 e. The van der Waals surface area contributed by atoms with E-state index in [4.69, 9.17) is 4.74 Å². The van der Waals surface area contributed by atoms with E-state index < -0.39 is 0 Å². The molecular formula is C22H29N3O2. The van der Waals surface area contributed by atoms with Crippen LogP contribution in [0.4, 0.5) is 0 Å². The highest BCUT2D eigenvalue weighted by Gasteiger charge is 2.31. The van der Waals surface area contributed by atoms with Crippen molar-refractivity contribution in [3.8, 4) is 11.1 Å². The molecule has 1 amide bonds. The molecule has 1 saturated carbocycles. The zero-order chi connectivity index (χ0) is 18.8. The lowest BCUT2D eigenvalue weighted by molar-refractivity contribution is 0.0553. The predicted octanol–water partition coefficient (Wildman–Crippen LogP) is 4.29. The fraction of sp³-hybridized carbons (Fsp3) is 0.545. The van der Waals surface area contributed by atoms with Crippen molar-refractivity contribution in [3.63, 3.8) is 0 Å².